The average Bonchev–Trinajstić information content (AvgIpc) is 3.30. The number of carbonyl (C=O) groups is 1. The Morgan fingerprint density at radius 3 is 2.53 bits per heavy atom. The van der Waals surface area contributed by atoms with Crippen molar-refractivity contribution in [2.45, 2.75) is 18.6 Å². The molecule has 1 amide bonds. The van der Waals surface area contributed by atoms with Gasteiger partial charge in [0.2, 0.25) is 5.91 Å². The fraction of sp³-hybridized carbons (Fsp3) is 0.143. The van der Waals surface area contributed by atoms with Gasteiger partial charge in [0.1, 0.15) is 5.82 Å². The van der Waals surface area contributed by atoms with Gasteiger partial charge in [0.15, 0.2) is 5.16 Å². The monoisotopic (exact) mass is 420 g/mol. The van der Waals surface area contributed by atoms with Crippen LogP contribution in [0.25, 0.3) is 5.69 Å². The number of aryl methyl sites for hydroxylation is 1. The smallest absolute Gasteiger partial charge is 0.310 e. The summed E-state index contributed by atoms with van der Waals surface area (Å²) in [5.74, 6) is 0.491. The van der Waals surface area contributed by atoms with Crippen molar-refractivity contribution in [1.82, 2.24) is 24.5 Å². The van der Waals surface area contributed by atoms with Crippen molar-refractivity contribution in [2.24, 2.45) is 0 Å². The van der Waals surface area contributed by atoms with Crippen molar-refractivity contribution in [3.8, 4) is 5.69 Å². The van der Waals surface area contributed by atoms with E-state index < -0.39 is 0 Å². The Balaban J connectivity index is 1.44. The van der Waals surface area contributed by atoms with Gasteiger partial charge in [-0.2, -0.15) is 5.10 Å². The second kappa shape index (κ2) is 8.83. The summed E-state index contributed by atoms with van der Waals surface area (Å²) >= 11 is 1.20. The molecule has 2 heterocycles. The summed E-state index contributed by atoms with van der Waals surface area (Å²) in [6.07, 6.45) is 0. The minimum atomic E-state index is -0.306. The topological polar surface area (TPSA) is 97.6 Å². The third-order valence-electron chi connectivity index (χ3n) is 4.34. The van der Waals surface area contributed by atoms with E-state index in [2.05, 4.69) is 20.6 Å². The summed E-state index contributed by atoms with van der Waals surface area (Å²) in [7, 11) is 0. The first-order chi connectivity index (χ1) is 14.6. The molecular weight excluding hydrogens is 400 g/mol. The molecule has 2 aromatic carbocycles. The van der Waals surface area contributed by atoms with Crippen LogP contribution < -0.4 is 11.0 Å². The predicted octanol–water partition coefficient (Wildman–Crippen LogP) is 2.84. The predicted molar refractivity (Wildman–Crippen MR) is 116 cm³/mol. The Labute approximate surface area is 176 Å². The van der Waals surface area contributed by atoms with Gasteiger partial charge in [-0.3, -0.25) is 9.36 Å². The van der Waals surface area contributed by atoms with E-state index in [4.69, 9.17) is 0 Å². The lowest BCUT2D eigenvalue weighted by Gasteiger charge is -2.09. The summed E-state index contributed by atoms with van der Waals surface area (Å²) in [4.78, 5) is 24.7. The van der Waals surface area contributed by atoms with Crippen LogP contribution in [-0.2, 0) is 11.3 Å². The van der Waals surface area contributed by atoms with Crippen LogP contribution in [0.2, 0.25) is 0 Å². The Hall–Kier alpha value is -3.59. The number of hydrogen-bond donors (Lipinski definition) is 2. The number of aromatic amines is 1. The zero-order valence-corrected chi connectivity index (χ0v) is 17.1. The fourth-order valence-electron chi connectivity index (χ4n) is 2.98. The van der Waals surface area contributed by atoms with Crippen LogP contribution in [0.5, 0.6) is 0 Å². The number of anilines is 1. The van der Waals surface area contributed by atoms with Gasteiger partial charge in [-0.1, -0.05) is 60.3 Å². The molecule has 2 aromatic heterocycles. The molecule has 0 aliphatic rings. The van der Waals surface area contributed by atoms with Crippen LogP contribution >= 0.6 is 11.8 Å². The van der Waals surface area contributed by atoms with Gasteiger partial charge in [0.05, 0.1) is 23.7 Å². The molecule has 0 aliphatic carbocycles. The average molecular weight is 420 g/mol. The molecule has 152 valence electrons. The van der Waals surface area contributed by atoms with Gasteiger partial charge in [-0.05, 0) is 24.6 Å². The van der Waals surface area contributed by atoms with E-state index in [0.717, 1.165) is 16.9 Å². The lowest BCUT2D eigenvalue weighted by molar-refractivity contribution is -0.113. The second-order valence-corrected chi connectivity index (χ2v) is 7.58. The number of H-pyrrole nitrogens is 1. The van der Waals surface area contributed by atoms with Crippen molar-refractivity contribution < 1.29 is 4.79 Å². The fourth-order valence-corrected chi connectivity index (χ4v) is 3.73. The van der Waals surface area contributed by atoms with Gasteiger partial charge >= 0.3 is 5.69 Å². The van der Waals surface area contributed by atoms with Crippen molar-refractivity contribution in [3.05, 3.63) is 88.5 Å². The van der Waals surface area contributed by atoms with E-state index in [0.29, 0.717) is 17.5 Å². The molecule has 0 radical (unpaired) electrons. The SMILES string of the molecule is Cc1cc(NC(=O)CSc2n[nH]c(=O)n2Cc2ccccc2)n(-c2ccccc2)n1. The lowest BCUT2D eigenvalue weighted by atomic mass is 10.2. The van der Waals surface area contributed by atoms with E-state index in [1.807, 2.05) is 73.7 Å². The molecule has 2 N–H and O–H groups in total. The first-order valence-electron chi connectivity index (χ1n) is 9.34. The number of nitrogens with one attached hydrogen (secondary N) is 2. The van der Waals surface area contributed by atoms with Crippen molar-refractivity contribution in [2.75, 3.05) is 11.1 Å². The number of thioether (sulfide) groups is 1. The van der Waals surface area contributed by atoms with Crippen molar-refractivity contribution in [1.29, 1.82) is 0 Å². The molecule has 0 fully saturated rings. The van der Waals surface area contributed by atoms with E-state index >= 15 is 0 Å². The second-order valence-electron chi connectivity index (χ2n) is 6.64. The highest BCUT2D eigenvalue weighted by Crippen LogP contribution is 2.19. The molecule has 0 bridgehead atoms. The largest absolute Gasteiger partial charge is 0.344 e. The highest BCUT2D eigenvalue weighted by Gasteiger charge is 2.14. The molecule has 9 heteroatoms. The number of rotatable bonds is 7. The van der Waals surface area contributed by atoms with Crippen LogP contribution in [0.3, 0.4) is 0 Å². The highest BCUT2D eigenvalue weighted by molar-refractivity contribution is 7.99. The number of benzene rings is 2. The number of nitrogens with zero attached hydrogens (tertiary/aromatic N) is 4. The van der Waals surface area contributed by atoms with Crippen LogP contribution in [0.4, 0.5) is 5.82 Å². The summed E-state index contributed by atoms with van der Waals surface area (Å²) in [5.41, 5.74) is 2.33. The summed E-state index contributed by atoms with van der Waals surface area (Å²) in [6, 6.07) is 21.0. The molecule has 8 nitrogen and oxygen atoms in total. The zero-order chi connectivity index (χ0) is 20.9. The maximum absolute atomic E-state index is 12.6. The molecule has 0 atom stereocenters. The number of para-hydroxylation sites is 1. The highest BCUT2D eigenvalue weighted by atomic mass is 32.2. The summed E-state index contributed by atoms with van der Waals surface area (Å²) in [6.45, 7) is 2.26. The van der Waals surface area contributed by atoms with Crippen molar-refractivity contribution >= 4 is 23.5 Å². The Morgan fingerprint density at radius 1 is 1.10 bits per heavy atom. The zero-order valence-electron chi connectivity index (χ0n) is 16.3. The van der Waals surface area contributed by atoms with E-state index in [-0.39, 0.29) is 17.3 Å². The minimum Gasteiger partial charge on any atom is -0.310 e. The first-order valence-corrected chi connectivity index (χ1v) is 10.3. The van der Waals surface area contributed by atoms with Crippen LogP contribution in [0.15, 0.2) is 76.7 Å². The van der Waals surface area contributed by atoms with Crippen LogP contribution in [0, 0.1) is 6.92 Å². The molecular formula is C21H20N6O2S. The van der Waals surface area contributed by atoms with Gasteiger partial charge in [-0.25, -0.2) is 14.6 Å². The molecule has 0 aliphatic heterocycles. The lowest BCUT2D eigenvalue weighted by Crippen LogP contribution is -2.20. The third kappa shape index (κ3) is 4.52. The Kier molecular flexibility index (Phi) is 5.80. The van der Waals surface area contributed by atoms with Crippen LogP contribution in [0.1, 0.15) is 11.3 Å². The van der Waals surface area contributed by atoms with Gasteiger partial charge in [-0.15, -0.1) is 5.10 Å². The third-order valence-corrected chi connectivity index (χ3v) is 5.32. The standard InChI is InChI=1S/C21H20N6O2S/c1-15-12-18(27(25-15)17-10-6-3-7-11-17)22-19(28)14-30-21-24-23-20(29)26(21)13-16-8-4-2-5-9-16/h2-12H,13-14H2,1H3,(H,22,28)(H,23,29). The van der Waals surface area contributed by atoms with Crippen molar-refractivity contribution in [3.63, 3.8) is 0 Å². The molecule has 0 unspecified atom stereocenters. The minimum absolute atomic E-state index is 0.109. The van der Waals surface area contributed by atoms with Gasteiger partial charge < -0.3 is 5.32 Å². The molecule has 0 saturated heterocycles. The van der Waals surface area contributed by atoms with Gasteiger partial charge in [0.25, 0.3) is 0 Å². The molecule has 30 heavy (non-hydrogen) atoms. The molecule has 4 rings (SSSR count). The van der Waals surface area contributed by atoms with E-state index in [1.165, 1.54) is 16.3 Å². The van der Waals surface area contributed by atoms with Gasteiger partial charge in [0, 0.05) is 6.07 Å². The maximum atomic E-state index is 12.6. The molecule has 4 aromatic rings. The summed E-state index contributed by atoms with van der Waals surface area (Å²) < 4.78 is 3.21. The number of hydrogen-bond acceptors (Lipinski definition) is 5. The van der Waals surface area contributed by atoms with Crippen LogP contribution in [-0.4, -0.2) is 36.2 Å². The number of aromatic nitrogens is 5. The Bertz CT molecular complexity index is 1200. The van der Waals surface area contributed by atoms with E-state index in [1.54, 1.807) is 4.68 Å². The molecule has 0 saturated carbocycles. The number of carbonyl (C=O) groups excluding carboxylic acids is 1. The summed E-state index contributed by atoms with van der Waals surface area (Å²) in [5, 5.41) is 14.3. The Morgan fingerprint density at radius 2 is 1.80 bits per heavy atom. The quantitative estimate of drug-likeness (QED) is 0.448. The van der Waals surface area contributed by atoms with E-state index in [9.17, 15) is 9.59 Å². The number of amides is 1. The molecule has 0 spiro atoms. The first kappa shape index (κ1) is 19.7. The maximum Gasteiger partial charge on any atom is 0.344 e. The normalized spacial score (nSPS) is 10.8.